The van der Waals surface area contributed by atoms with Crippen molar-refractivity contribution in [2.75, 3.05) is 7.11 Å². The minimum Gasteiger partial charge on any atom is -0.497 e. The van der Waals surface area contributed by atoms with E-state index in [0.717, 1.165) is 32.7 Å². The van der Waals surface area contributed by atoms with E-state index in [2.05, 4.69) is 15.9 Å². The Morgan fingerprint density at radius 3 is 2.45 bits per heavy atom. The number of hydrogen-bond donors (Lipinski definition) is 1. The Bertz CT molecular complexity index is 579. The van der Waals surface area contributed by atoms with Crippen molar-refractivity contribution in [2.24, 2.45) is 0 Å². The zero-order valence-electron chi connectivity index (χ0n) is 11.5. The Morgan fingerprint density at radius 1 is 1.15 bits per heavy atom. The van der Waals surface area contributed by atoms with Gasteiger partial charge < -0.3 is 14.6 Å². The van der Waals surface area contributed by atoms with Gasteiger partial charge in [-0.1, -0.05) is 28.1 Å². The highest BCUT2D eigenvalue weighted by Crippen LogP contribution is 2.29. The molecule has 0 aromatic heterocycles. The third-order valence-corrected chi connectivity index (χ3v) is 3.49. The maximum Gasteiger partial charge on any atom is 0.128 e. The second-order valence-corrected chi connectivity index (χ2v) is 5.42. The summed E-state index contributed by atoms with van der Waals surface area (Å²) in [4.78, 5) is 0. The van der Waals surface area contributed by atoms with E-state index in [1.807, 2.05) is 43.3 Å². The minimum absolute atomic E-state index is 0.0434. The van der Waals surface area contributed by atoms with E-state index in [0.29, 0.717) is 6.61 Å². The normalized spacial score (nSPS) is 10.4. The molecule has 3 nitrogen and oxygen atoms in total. The zero-order valence-corrected chi connectivity index (χ0v) is 13.1. The zero-order chi connectivity index (χ0) is 14.5. The van der Waals surface area contributed by atoms with Crippen LogP contribution in [0.1, 0.15) is 16.7 Å². The summed E-state index contributed by atoms with van der Waals surface area (Å²) in [6.45, 7) is 2.38. The number of hydrogen-bond acceptors (Lipinski definition) is 3. The number of benzene rings is 2. The number of aryl methyl sites for hydroxylation is 1. The van der Waals surface area contributed by atoms with Crippen LogP contribution in [0.2, 0.25) is 0 Å². The summed E-state index contributed by atoms with van der Waals surface area (Å²) in [6, 6.07) is 11.6. The lowest BCUT2D eigenvalue weighted by molar-refractivity contribution is 0.258. The molecule has 0 bridgehead atoms. The van der Waals surface area contributed by atoms with Crippen LogP contribution < -0.4 is 9.47 Å². The van der Waals surface area contributed by atoms with E-state index < -0.39 is 0 Å². The average Bonchev–Trinajstić information content (AvgIpc) is 2.46. The molecule has 106 valence electrons. The Labute approximate surface area is 127 Å². The molecule has 0 aliphatic heterocycles. The molecular weight excluding hydrogens is 320 g/mol. The summed E-state index contributed by atoms with van der Waals surface area (Å²) in [5.74, 6) is 1.57. The highest BCUT2D eigenvalue weighted by atomic mass is 79.9. The summed E-state index contributed by atoms with van der Waals surface area (Å²) >= 11 is 3.42. The van der Waals surface area contributed by atoms with Crippen LogP contribution in [-0.4, -0.2) is 12.2 Å². The van der Waals surface area contributed by atoms with Crippen molar-refractivity contribution in [2.45, 2.75) is 20.1 Å². The Morgan fingerprint density at radius 2 is 1.85 bits per heavy atom. The first kappa shape index (κ1) is 14.9. The van der Waals surface area contributed by atoms with E-state index in [-0.39, 0.29) is 6.61 Å². The van der Waals surface area contributed by atoms with Crippen molar-refractivity contribution in [3.63, 3.8) is 0 Å². The first-order valence-corrected chi connectivity index (χ1v) is 7.09. The fourth-order valence-electron chi connectivity index (χ4n) is 2.00. The maximum absolute atomic E-state index is 9.42. The predicted octanol–water partition coefficient (Wildman–Crippen LogP) is 3.84. The molecule has 0 saturated heterocycles. The molecule has 0 fully saturated rings. The molecule has 0 spiro atoms. The van der Waals surface area contributed by atoms with Gasteiger partial charge in [-0.25, -0.2) is 0 Å². The van der Waals surface area contributed by atoms with Crippen molar-refractivity contribution < 1.29 is 14.6 Å². The molecule has 1 N–H and O–H groups in total. The van der Waals surface area contributed by atoms with Gasteiger partial charge in [-0.3, -0.25) is 0 Å². The monoisotopic (exact) mass is 336 g/mol. The smallest absolute Gasteiger partial charge is 0.128 e. The Balaban J connectivity index is 2.13. The fourth-order valence-corrected chi connectivity index (χ4v) is 2.62. The molecule has 0 heterocycles. The molecule has 20 heavy (non-hydrogen) atoms. The lowest BCUT2D eigenvalue weighted by atomic mass is 10.1. The van der Waals surface area contributed by atoms with E-state index in [4.69, 9.17) is 9.47 Å². The van der Waals surface area contributed by atoms with E-state index >= 15 is 0 Å². The van der Waals surface area contributed by atoms with Gasteiger partial charge in [-0.2, -0.15) is 0 Å². The van der Waals surface area contributed by atoms with E-state index in [9.17, 15) is 5.11 Å². The van der Waals surface area contributed by atoms with Gasteiger partial charge >= 0.3 is 0 Å². The first-order chi connectivity index (χ1) is 9.63. The minimum atomic E-state index is -0.0434. The largest absolute Gasteiger partial charge is 0.497 e. The second kappa shape index (κ2) is 6.77. The molecule has 0 unspecified atom stereocenters. The van der Waals surface area contributed by atoms with Gasteiger partial charge in [0.1, 0.15) is 18.1 Å². The first-order valence-electron chi connectivity index (χ1n) is 6.29. The number of rotatable bonds is 5. The molecule has 0 saturated carbocycles. The summed E-state index contributed by atoms with van der Waals surface area (Å²) in [7, 11) is 1.64. The highest BCUT2D eigenvalue weighted by molar-refractivity contribution is 9.10. The number of aliphatic hydroxyl groups is 1. The molecule has 0 atom stereocenters. The molecule has 0 radical (unpaired) electrons. The van der Waals surface area contributed by atoms with Gasteiger partial charge in [0.25, 0.3) is 0 Å². The highest BCUT2D eigenvalue weighted by Gasteiger charge is 2.08. The predicted molar refractivity (Wildman–Crippen MR) is 82.1 cm³/mol. The Hall–Kier alpha value is -1.52. The van der Waals surface area contributed by atoms with Crippen LogP contribution in [0.15, 0.2) is 40.9 Å². The number of ether oxygens (including phenoxy) is 2. The van der Waals surface area contributed by atoms with Crippen molar-refractivity contribution >= 4 is 15.9 Å². The van der Waals surface area contributed by atoms with Gasteiger partial charge in [-0.05, 0) is 42.3 Å². The quantitative estimate of drug-likeness (QED) is 0.901. The van der Waals surface area contributed by atoms with Crippen molar-refractivity contribution in [1.29, 1.82) is 0 Å². The topological polar surface area (TPSA) is 38.7 Å². The van der Waals surface area contributed by atoms with Crippen molar-refractivity contribution in [3.8, 4) is 11.5 Å². The van der Waals surface area contributed by atoms with Crippen LogP contribution in [0.3, 0.4) is 0 Å². The van der Waals surface area contributed by atoms with Gasteiger partial charge in [0.15, 0.2) is 0 Å². The Kier molecular flexibility index (Phi) is 5.04. The molecule has 0 aliphatic carbocycles. The fraction of sp³-hybridized carbons (Fsp3) is 0.250. The number of halogens is 1. The number of aliphatic hydroxyl groups excluding tert-OH is 1. The molecule has 0 aliphatic rings. The summed E-state index contributed by atoms with van der Waals surface area (Å²) < 4.78 is 11.9. The van der Waals surface area contributed by atoms with Crippen LogP contribution in [0.4, 0.5) is 0 Å². The van der Waals surface area contributed by atoms with E-state index in [1.54, 1.807) is 7.11 Å². The third kappa shape index (κ3) is 3.52. The summed E-state index contributed by atoms with van der Waals surface area (Å²) in [5.41, 5.74) is 2.83. The van der Waals surface area contributed by atoms with Crippen LogP contribution in [0, 0.1) is 6.92 Å². The van der Waals surface area contributed by atoms with Crippen molar-refractivity contribution in [3.05, 3.63) is 57.6 Å². The molecule has 2 aromatic carbocycles. The van der Waals surface area contributed by atoms with Gasteiger partial charge in [0.2, 0.25) is 0 Å². The summed E-state index contributed by atoms with van der Waals surface area (Å²) in [6.07, 6.45) is 0. The second-order valence-electron chi connectivity index (χ2n) is 4.51. The SMILES string of the molecule is COc1ccc(COc2c(C)cc(Br)cc2CO)cc1. The molecule has 2 rings (SSSR count). The standard InChI is InChI=1S/C16H17BrO3/c1-11-7-14(17)8-13(9-18)16(11)20-10-12-3-5-15(19-2)6-4-12/h3-8,18H,9-10H2,1-2H3. The van der Waals surface area contributed by atoms with E-state index in [1.165, 1.54) is 0 Å². The van der Waals surface area contributed by atoms with Gasteiger partial charge in [0, 0.05) is 10.0 Å². The molecule has 2 aromatic rings. The van der Waals surface area contributed by atoms with Crippen molar-refractivity contribution in [1.82, 2.24) is 0 Å². The molecule has 4 heteroatoms. The van der Waals surface area contributed by atoms with Crippen LogP contribution in [0.5, 0.6) is 11.5 Å². The average molecular weight is 337 g/mol. The molecular formula is C16H17BrO3. The van der Waals surface area contributed by atoms with Crippen LogP contribution >= 0.6 is 15.9 Å². The van der Waals surface area contributed by atoms with Crippen LogP contribution in [-0.2, 0) is 13.2 Å². The third-order valence-electron chi connectivity index (χ3n) is 3.03. The lowest BCUT2D eigenvalue weighted by Crippen LogP contribution is -2.01. The summed E-state index contributed by atoms with van der Waals surface area (Å²) in [5, 5.41) is 9.42. The number of methoxy groups -OCH3 is 1. The molecule has 0 amide bonds. The lowest BCUT2D eigenvalue weighted by Gasteiger charge is -2.14. The maximum atomic E-state index is 9.42. The van der Waals surface area contributed by atoms with Gasteiger partial charge in [-0.15, -0.1) is 0 Å². The van der Waals surface area contributed by atoms with Gasteiger partial charge in [0.05, 0.1) is 13.7 Å². The van der Waals surface area contributed by atoms with Crippen LogP contribution in [0.25, 0.3) is 0 Å².